The maximum absolute atomic E-state index is 10.4. The zero-order valence-electron chi connectivity index (χ0n) is 7.10. The molecule has 13 heavy (non-hydrogen) atoms. The molecule has 0 aromatic heterocycles. The van der Waals surface area contributed by atoms with E-state index in [0.29, 0.717) is 0 Å². The minimum Gasteiger partial charge on any atom is -0.399 e. The number of nitrogens with two attached hydrogens (primary N) is 1. The molecule has 0 fully saturated rings. The summed E-state index contributed by atoms with van der Waals surface area (Å²) in [5, 5.41) is 20.0. The molecule has 1 rings (SSSR count). The Morgan fingerprint density at radius 2 is 2.31 bits per heavy atom. The Hall–Kier alpha value is -1.62. The van der Waals surface area contributed by atoms with Crippen molar-refractivity contribution in [3.63, 3.8) is 0 Å². The van der Waals surface area contributed by atoms with E-state index in [2.05, 4.69) is 0 Å². The third-order valence-electron chi connectivity index (χ3n) is 1.58. The highest BCUT2D eigenvalue weighted by Crippen LogP contribution is 2.17. The Morgan fingerprint density at radius 3 is 2.85 bits per heavy atom. The fourth-order valence-electron chi connectivity index (χ4n) is 0.978. The van der Waals surface area contributed by atoms with Gasteiger partial charge in [0.2, 0.25) is 0 Å². The fraction of sp³-hybridized carbons (Fsp3) is 0.250. The molecule has 0 saturated heterocycles. The van der Waals surface area contributed by atoms with Crippen LogP contribution in [0.15, 0.2) is 35.7 Å². The summed E-state index contributed by atoms with van der Waals surface area (Å²) >= 11 is 0. The molecule has 0 amide bonds. The second-order valence-corrected chi connectivity index (χ2v) is 3.03. The van der Waals surface area contributed by atoms with Gasteiger partial charge in [-0.15, -0.1) is 0 Å². The molecule has 0 spiro atoms. The molecule has 5 heteroatoms. The number of nitro groups is 1. The maximum atomic E-state index is 10.4. The van der Waals surface area contributed by atoms with E-state index in [4.69, 9.17) is 5.73 Å². The van der Waals surface area contributed by atoms with Crippen LogP contribution in [-0.2, 0) is 0 Å². The number of nitrogens with zero attached hydrogens (tertiary/aromatic N) is 1. The van der Waals surface area contributed by atoms with Crippen LogP contribution >= 0.6 is 0 Å². The van der Waals surface area contributed by atoms with Crippen LogP contribution in [0.4, 0.5) is 0 Å². The standard InChI is InChI=1S/C8H10N2O3/c1-8(11)3-2-6(9)4-7(5-8)10(12)13/h2-5,11H,9H2,1H3. The summed E-state index contributed by atoms with van der Waals surface area (Å²) in [5.41, 5.74) is 4.13. The van der Waals surface area contributed by atoms with Gasteiger partial charge >= 0.3 is 0 Å². The lowest BCUT2D eigenvalue weighted by molar-refractivity contribution is -0.419. The van der Waals surface area contributed by atoms with Gasteiger partial charge < -0.3 is 10.8 Å². The molecule has 5 nitrogen and oxygen atoms in total. The normalized spacial score (nSPS) is 27.5. The zero-order valence-corrected chi connectivity index (χ0v) is 7.10. The van der Waals surface area contributed by atoms with Gasteiger partial charge in [-0.25, -0.2) is 0 Å². The molecular formula is C8H10N2O3. The second kappa shape index (κ2) is 3.02. The van der Waals surface area contributed by atoms with E-state index < -0.39 is 10.5 Å². The molecule has 0 aromatic carbocycles. The van der Waals surface area contributed by atoms with E-state index in [1.807, 2.05) is 0 Å². The molecule has 1 atom stereocenters. The van der Waals surface area contributed by atoms with Crippen LogP contribution in [0.5, 0.6) is 0 Å². The molecule has 1 aliphatic carbocycles. The van der Waals surface area contributed by atoms with Crippen LogP contribution in [-0.4, -0.2) is 15.6 Å². The molecule has 0 aromatic rings. The molecule has 0 aliphatic heterocycles. The number of rotatable bonds is 1. The summed E-state index contributed by atoms with van der Waals surface area (Å²) in [4.78, 5) is 9.85. The van der Waals surface area contributed by atoms with Gasteiger partial charge in [0.15, 0.2) is 0 Å². The summed E-state index contributed by atoms with van der Waals surface area (Å²) < 4.78 is 0. The highest BCUT2D eigenvalue weighted by molar-refractivity contribution is 5.33. The van der Waals surface area contributed by atoms with Crippen LogP contribution in [0.1, 0.15) is 6.92 Å². The summed E-state index contributed by atoms with van der Waals surface area (Å²) in [7, 11) is 0. The van der Waals surface area contributed by atoms with Crippen molar-refractivity contribution in [2.45, 2.75) is 12.5 Å². The van der Waals surface area contributed by atoms with Gasteiger partial charge in [-0.2, -0.15) is 0 Å². The fourth-order valence-corrected chi connectivity index (χ4v) is 0.978. The predicted molar refractivity (Wildman–Crippen MR) is 47.1 cm³/mol. The van der Waals surface area contributed by atoms with E-state index in [-0.39, 0.29) is 11.4 Å². The van der Waals surface area contributed by atoms with Gasteiger partial charge in [-0.1, -0.05) is 0 Å². The maximum Gasteiger partial charge on any atom is 0.270 e. The molecule has 0 bridgehead atoms. The Morgan fingerprint density at radius 1 is 1.69 bits per heavy atom. The van der Waals surface area contributed by atoms with Crippen molar-refractivity contribution in [3.8, 4) is 0 Å². The summed E-state index contributed by atoms with van der Waals surface area (Å²) in [6, 6.07) is 0. The van der Waals surface area contributed by atoms with E-state index >= 15 is 0 Å². The molecule has 1 unspecified atom stereocenters. The second-order valence-electron chi connectivity index (χ2n) is 3.03. The minimum atomic E-state index is -1.32. The first-order chi connectivity index (χ1) is 5.91. The van der Waals surface area contributed by atoms with Crippen LogP contribution in [0.2, 0.25) is 0 Å². The molecule has 0 saturated carbocycles. The Labute approximate surface area is 75.0 Å². The van der Waals surface area contributed by atoms with Gasteiger partial charge in [0, 0.05) is 17.8 Å². The van der Waals surface area contributed by atoms with Gasteiger partial charge in [0.1, 0.15) is 5.60 Å². The van der Waals surface area contributed by atoms with Gasteiger partial charge in [-0.3, -0.25) is 10.1 Å². The smallest absolute Gasteiger partial charge is 0.270 e. The lowest BCUT2D eigenvalue weighted by Crippen LogP contribution is -2.18. The highest BCUT2D eigenvalue weighted by Gasteiger charge is 2.21. The summed E-state index contributed by atoms with van der Waals surface area (Å²) in [6.45, 7) is 1.44. The lowest BCUT2D eigenvalue weighted by atomic mass is 10.1. The number of hydrogen-bond donors (Lipinski definition) is 2. The average Bonchev–Trinajstić information content (AvgIpc) is 2.11. The number of aliphatic hydroxyl groups is 1. The predicted octanol–water partition coefficient (Wildman–Crippen LogP) is 0.310. The first-order valence-corrected chi connectivity index (χ1v) is 3.67. The van der Waals surface area contributed by atoms with Crippen LogP contribution in [0, 0.1) is 10.1 Å². The van der Waals surface area contributed by atoms with E-state index in [0.717, 1.165) is 6.08 Å². The van der Waals surface area contributed by atoms with Crippen molar-refractivity contribution in [2.24, 2.45) is 5.73 Å². The lowest BCUT2D eigenvalue weighted by Gasteiger charge is -2.10. The van der Waals surface area contributed by atoms with Crippen molar-refractivity contribution in [3.05, 3.63) is 45.8 Å². The van der Waals surface area contributed by atoms with Crippen molar-refractivity contribution in [1.82, 2.24) is 0 Å². The highest BCUT2D eigenvalue weighted by atomic mass is 16.6. The van der Waals surface area contributed by atoms with Crippen LogP contribution in [0.3, 0.4) is 0 Å². The topological polar surface area (TPSA) is 89.4 Å². The van der Waals surface area contributed by atoms with Gasteiger partial charge in [0.05, 0.1) is 4.92 Å². The van der Waals surface area contributed by atoms with Crippen molar-refractivity contribution >= 4 is 0 Å². The molecule has 3 N–H and O–H groups in total. The summed E-state index contributed by atoms with van der Waals surface area (Å²) in [6.07, 6.45) is 5.18. The van der Waals surface area contributed by atoms with Crippen molar-refractivity contribution in [1.29, 1.82) is 0 Å². The number of hydrogen-bond acceptors (Lipinski definition) is 4. The SMILES string of the molecule is CC1(O)C=CC(N)=CC([N+](=O)[O-])=C1. The van der Waals surface area contributed by atoms with Crippen molar-refractivity contribution < 1.29 is 10.0 Å². The molecule has 0 radical (unpaired) electrons. The van der Waals surface area contributed by atoms with Gasteiger partial charge in [0.25, 0.3) is 5.70 Å². The first kappa shape index (κ1) is 9.47. The van der Waals surface area contributed by atoms with E-state index in [9.17, 15) is 15.2 Å². The largest absolute Gasteiger partial charge is 0.399 e. The third-order valence-corrected chi connectivity index (χ3v) is 1.58. The quantitative estimate of drug-likeness (QED) is 0.451. The van der Waals surface area contributed by atoms with Crippen molar-refractivity contribution in [2.75, 3.05) is 0 Å². The molecular weight excluding hydrogens is 172 g/mol. The average molecular weight is 182 g/mol. The molecule has 0 heterocycles. The zero-order chi connectivity index (χ0) is 10.1. The van der Waals surface area contributed by atoms with Crippen LogP contribution in [0.25, 0.3) is 0 Å². The Bertz CT molecular complexity index is 326. The summed E-state index contributed by atoms with van der Waals surface area (Å²) in [5.74, 6) is 0. The Kier molecular flexibility index (Phi) is 2.20. The third kappa shape index (κ3) is 2.41. The first-order valence-electron chi connectivity index (χ1n) is 3.67. The van der Waals surface area contributed by atoms with Crippen LogP contribution < -0.4 is 5.73 Å². The van der Waals surface area contributed by atoms with E-state index in [1.165, 1.54) is 25.2 Å². The molecule has 70 valence electrons. The Balaban J connectivity index is 3.14. The van der Waals surface area contributed by atoms with E-state index in [1.54, 1.807) is 0 Å². The molecule has 1 aliphatic rings. The monoisotopic (exact) mass is 182 g/mol. The number of allylic oxidation sites excluding steroid dienone is 2. The minimum absolute atomic E-state index is 0.201. The van der Waals surface area contributed by atoms with Gasteiger partial charge in [-0.05, 0) is 19.1 Å².